The highest BCUT2D eigenvalue weighted by atomic mass is 19.4. The Kier molecular flexibility index (Phi) is 5.65. The second kappa shape index (κ2) is 7.49. The molecule has 1 aromatic rings. The Balaban J connectivity index is 1.81. The molecule has 1 atom stereocenters. The summed E-state index contributed by atoms with van der Waals surface area (Å²) in [6.07, 6.45) is -2.40. The van der Waals surface area contributed by atoms with Gasteiger partial charge in [-0.2, -0.15) is 13.2 Å². The summed E-state index contributed by atoms with van der Waals surface area (Å²) in [4.78, 5) is 11.7. The molecule has 1 heterocycles. The zero-order valence-electron chi connectivity index (χ0n) is 12.1. The van der Waals surface area contributed by atoms with E-state index in [4.69, 9.17) is 4.74 Å². The number of carbonyl (C=O) groups excluding carboxylic acids is 1. The molecule has 0 spiro atoms. The predicted octanol–water partition coefficient (Wildman–Crippen LogP) is 2.20. The van der Waals surface area contributed by atoms with Gasteiger partial charge in [0.25, 0.3) is 5.91 Å². The summed E-state index contributed by atoms with van der Waals surface area (Å²) in [7, 11) is 0. The SMILES string of the molecule is O=C(COc1ccccc1C(F)(F)F)NCC1CCCNC1. The highest BCUT2D eigenvalue weighted by molar-refractivity contribution is 5.77. The fourth-order valence-electron chi connectivity index (χ4n) is 2.38. The molecule has 4 nitrogen and oxygen atoms in total. The van der Waals surface area contributed by atoms with E-state index in [9.17, 15) is 18.0 Å². The Bertz CT molecular complexity index is 500. The second-order valence-electron chi connectivity index (χ2n) is 5.30. The van der Waals surface area contributed by atoms with E-state index in [2.05, 4.69) is 10.6 Å². The first kappa shape index (κ1) is 16.6. The molecule has 1 saturated heterocycles. The van der Waals surface area contributed by atoms with Crippen LogP contribution in [-0.4, -0.2) is 32.1 Å². The molecule has 0 aromatic heterocycles. The van der Waals surface area contributed by atoms with Crippen molar-refractivity contribution in [1.82, 2.24) is 10.6 Å². The third kappa shape index (κ3) is 4.91. The van der Waals surface area contributed by atoms with Crippen molar-refractivity contribution >= 4 is 5.91 Å². The molecule has 0 bridgehead atoms. The van der Waals surface area contributed by atoms with Gasteiger partial charge in [0.15, 0.2) is 6.61 Å². The lowest BCUT2D eigenvalue weighted by Crippen LogP contribution is -2.39. The van der Waals surface area contributed by atoms with E-state index in [1.807, 2.05) is 0 Å². The van der Waals surface area contributed by atoms with Crippen molar-refractivity contribution in [2.75, 3.05) is 26.2 Å². The number of alkyl halides is 3. The van der Waals surface area contributed by atoms with Crippen molar-refractivity contribution in [2.24, 2.45) is 5.92 Å². The Morgan fingerprint density at radius 1 is 1.36 bits per heavy atom. The standard InChI is InChI=1S/C15H19F3N2O2/c16-15(17,18)12-5-1-2-6-13(12)22-10-14(21)20-9-11-4-3-7-19-8-11/h1-2,5-6,11,19H,3-4,7-10H2,(H,20,21). The van der Waals surface area contributed by atoms with Crippen LogP contribution in [-0.2, 0) is 11.0 Å². The van der Waals surface area contributed by atoms with Crippen LogP contribution in [0.15, 0.2) is 24.3 Å². The van der Waals surface area contributed by atoms with Crippen LogP contribution in [0.4, 0.5) is 13.2 Å². The summed E-state index contributed by atoms with van der Waals surface area (Å²) in [5.41, 5.74) is -0.876. The van der Waals surface area contributed by atoms with Gasteiger partial charge < -0.3 is 15.4 Å². The van der Waals surface area contributed by atoms with Gasteiger partial charge in [0, 0.05) is 6.54 Å². The monoisotopic (exact) mass is 316 g/mol. The Hall–Kier alpha value is -1.76. The Morgan fingerprint density at radius 2 is 2.14 bits per heavy atom. The van der Waals surface area contributed by atoms with Crippen molar-refractivity contribution in [3.63, 3.8) is 0 Å². The third-order valence-corrected chi connectivity index (χ3v) is 3.54. The smallest absolute Gasteiger partial charge is 0.419 e. The lowest BCUT2D eigenvalue weighted by atomic mass is 10.00. The van der Waals surface area contributed by atoms with Gasteiger partial charge in [-0.3, -0.25) is 4.79 Å². The Morgan fingerprint density at radius 3 is 2.82 bits per heavy atom. The normalized spacial score (nSPS) is 18.8. The van der Waals surface area contributed by atoms with Crippen LogP contribution in [0.5, 0.6) is 5.75 Å². The maximum absolute atomic E-state index is 12.8. The predicted molar refractivity (Wildman–Crippen MR) is 75.5 cm³/mol. The van der Waals surface area contributed by atoms with Crippen LogP contribution in [0.2, 0.25) is 0 Å². The summed E-state index contributed by atoms with van der Waals surface area (Å²) in [6.45, 7) is 1.92. The van der Waals surface area contributed by atoms with E-state index < -0.39 is 24.3 Å². The van der Waals surface area contributed by atoms with E-state index in [-0.39, 0.29) is 5.75 Å². The molecule has 1 amide bonds. The minimum absolute atomic E-state index is 0.329. The van der Waals surface area contributed by atoms with Crippen LogP contribution >= 0.6 is 0 Å². The molecule has 1 fully saturated rings. The van der Waals surface area contributed by atoms with Crippen molar-refractivity contribution < 1.29 is 22.7 Å². The van der Waals surface area contributed by atoms with E-state index in [1.54, 1.807) is 0 Å². The van der Waals surface area contributed by atoms with Crippen LogP contribution in [0.25, 0.3) is 0 Å². The molecule has 122 valence electrons. The number of nitrogens with one attached hydrogen (secondary N) is 2. The average molecular weight is 316 g/mol. The highest BCUT2D eigenvalue weighted by Crippen LogP contribution is 2.35. The van der Waals surface area contributed by atoms with Gasteiger partial charge in [-0.05, 0) is 44.0 Å². The summed E-state index contributed by atoms with van der Waals surface area (Å²) in [6, 6.07) is 4.87. The van der Waals surface area contributed by atoms with E-state index in [0.29, 0.717) is 12.5 Å². The quantitative estimate of drug-likeness (QED) is 0.875. The largest absolute Gasteiger partial charge is 0.483 e. The number of para-hydroxylation sites is 1. The molecule has 1 aliphatic heterocycles. The van der Waals surface area contributed by atoms with Crippen LogP contribution in [0.1, 0.15) is 18.4 Å². The molecular formula is C15H19F3N2O2. The molecule has 0 radical (unpaired) electrons. The molecule has 0 saturated carbocycles. The lowest BCUT2D eigenvalue weighted by Gasteiger charge is -2.22. The van der Waals surface area contributed by atoms with Gasteiger partial charge in [-0.25, -0.2) is 0 Å². The van der Waals surface area contributed by atoms with Gasteiger partial charge in [0.1, 0.15) is 5.75 Å². The van der Waals surface area contributed by atoms with Crippen LogP contribution in [0, 0.1) is 5.92 Å². The number of ether oxygens (including phenoxy) is 1. The molecule has 1 aliphatic rings. The minimum Gasteiger partial charge on any atom is -0.483 e. The first-order chi connectivity index (χ1) is 10.5. The van der Waals surface area contributed by atoms with Crippen molar-refractivity contribution in [3.8, 4) is 5.75 Å². The molecule has 22 heavy (non-hydrogen) atoms. The zero-order chi connectivity index (χ0) is 16.0. The van der Waals surface area contributed by atoms with Crippen molar-refractivity contribution in [3.05, 3.63) is 29.8 Å². The first-order valence-corrected chi connectivity index (χ1v) is 7.23. The highest BCUT2D eigenvalue weighted by Gasteiger charge is 2.34. The van der Waals surface area contributed by atoms with Gasteiger partial charge in [0.2, 0.25) is 0 Å². The number of benzene rings is 1. The van der Waals surface area contributed by atoms with Crippen molar-refractivity contribution in [2.45, 2.75) is 19.0 Å². The topological polar surface area (TPSA) is 50.4 Å². The number of rotatable bonds is 5. The molecular weight excluding hydrogens is 297 g/mol. The first-order valence-electron chi connectivity index (χ1n) is 7.23. The third-order valence-electron chi connectivity index (χ3n) is 3.54. The number of carbonyl (C=O) groups is 1. The van der Waals surface area contributed by atoms with Crippen LogP contribution in [0.3, 0.4) is 0 Å². The van der Waals surface area contributed by atoms with Gasteiger partial charge in [-0.15, -0.1) is 0 Å². The second-order valence-corrected chi connectivity index (χ2v) is 5.30. The number of hydrogen-bond donors (Lipinski definition) is 2. The van der Waals surface area contributed by atoms with Gasteiger partial charge in [-0.1, -0.05) is 12.1 Å². The van der Waals surface area contributed by atoms with E-state index in [1.165, 1.54) is 18.2 Å². The number of piperidine rings is 1. The summed E-state index contributed by atoms with van der Waals surface area (Å²) >= 11 is 0. The maximum Gasteiger partial charge on any atom is 0.419 e. The summed E-state index contributed by atoms with van der Waals surface area (Å²) < 4.78 is 43.3. The summed E-state index contributed by atoms with van der Waals surface area (Å²) in [5.74, 6) is -0.382. The zero-order valence-corrected chi connectivity index (χ0v) is 12.1. The molecule has 7 heteroatoms. The fourth-order valence-corrected chi connectivity index (χ4v) is 2.38. The summed E-state index contributed by atoms with van der Waals surface area (Å²) in [5, 5.41) is 5.93. The number of halogens is 3. The van der Waals surface area contributed by atoms with E-state index in [0.717, 1.165) is 32.0 Å². The van der Waals surface area contributed by atoms with Gasteiger partial charge >= 0.3 is 6.18 Å². The molecule has 0 aliphatic carbocycles. The molecule has 2 rings (SSSR count). The number of hydrogen-bond acceptors (Lipinski definition) is 3. The lowest BCUT2D eigenvalue weighted by molar-refractivity contribution is -0.139. The number of amides is 1. The van der Waals surface area contributed by atoms with Gasteiger partial charge in [0.05, 0.1) is 5.56 Å². The van der Waals surface area contributed by atoms with Crippen LogP contribution < -0.4 is 15.4 Å². The average Bonchev–Trinajstić information content (AvgIpc) is 2.51. The Labute approximate surface area is 127 Å². The maximum atomic E-state index is 12.8. The molecule has 1 aromatic carbocycles. The van der Waals surface area contributed by atoms with E-state index >= 15 is 0 Å². The molecule has 1 unspecified atom stereocenters. The van der Waals surface area contributed by atoms with Crippen molar-refractivity contribution in [1.29, 1.82) is 0 Å². The minimum atomic E-state index is -4.50. The molecule has 2 N–H and O–H groups in total. The fraction of sp³-hybridized carbons (Fsp3) is 0.533.